The Morgan fingerprint density at radius 3 is 2.56 bits per heavy atom. The van der Waals surface area contributed by atoms with E-state index in [0.29, 0.717) is 5.69 Å². The number of halogens is 1. The molecule has 0 bridgehead atoms. The minimum absolute atomic E-state index is 0.236. The molecule has 25 heavy (non-hydrogen) atoms. The zero-order chi connectivity index (χ0) is 17.6. The molecule has 0 aromatic heterocycles. The van der Waals surface area contributed by atoms with Gasteiger partial charge in [-0.25, -0.2) is 4.39 Å². The van der Waals surface area contributed by atoms with E-state index in [9.17, 15) is 9.30 Å². The summed E-state index contributed by atoms with van der Waals surface area (Å²) in [6, 6.07) is 19.5. The van der Waals surface area contributed by atoms with Gasteiger partial charge in [-0.2, -0.15) is 0 Å². The van der Waals surface area contributed by atoms with E-state index in [-0.39, 0.29) is 5.82 Å². The number of benzene rings is 3. The molecule has 3 rings (SSSR count). The number of hydrogen-bond donors (Lipinski definition) is 0. The zero-order valence-electron chi connectivity index (χ0n) is 13.6. The fraction of sp³-hybridized carbons (Fsp3) is 0.100. The van der Waals surface area contributed by atoms with Gasteiger partial charge in [0.25, 0.3) is 0 Å². The van der Waals surface area contributed by atoms with E-state index < -0.39 is 0 Å². The summed E-state index contributed by atoms with van der Waals surface area (Å²) >= 11 is 1.63. The largest absolute Gasteiger partial charge is 0.496 e. The molecular weight excluding hydrogens is 337 g/mol. The zero-order valence-corrected chi connectivity index (χ0v) is 14.4. The minimum atomic E-state index is -0.236. The second kappa shape index (κ2) is 7.94. The summed E-state index contributed by atoms with van der Waals surface area (Å²) in [5, 5.41) is 2.99. The maximum absolute atomic E-state index is 13.0. The summed E-state index contributed by atoms with van der Waals surface area (Å²) in [6.45, 7) is 0. The molecule has 0 N–H and O–H groups in total. The van der Waals surface area contributed by atoms with E-state index in [4.69, 9.17) is 4.74 Å². The summed E-state index contributed by atoms with van der Waals surface area (Å²) in [5.41, 5.74) is 3.27. The number of ether oxygens (including phenoxy) is 1. The van der Waals surface area contributed by atoms with Gasteiger partial charge in [-0.1, -0.05) is 18.2 Å². The fourth-order valence-electron chi connectivity index (χ4n) is 2.50. The number of methoxy groups -OCH3 is 1. The number of nitroso groups, excluding NO2 is 1. The van der Waals surface area contributed by atoms with Gasteiger partial charge < -0.3 is 4.74 Å². The molecule has 0 radical (unpaired) electrons. The van der Waals surface area contributed by atoms with Crippen molar-refractivity contribution in [1.29, 1.82) is 0 Å². The van der Waals surface area contributed by atoms with Crippen molar-refractivity contribution >= 4 is 17.4 Å². The molecular formula is C20H16FNO2S. The first-order chi connectivity index (χ1) is 12.2. The molecule has 5 heteroatoms. The van der Waals surface area contributed by atoms with Crippen LogP contribution < -0.4 is 4.74 Å². The Kier molecular flexibility index (Phi) is 5.46. The van der Waals surface area contributed by atoms with Gasteiger partial charge >= 0.3 is 0 Å². The highest BCUT2D eigenvalue weighted by Gasteiger charge is 2.09. The average molecular weight is 353 g/mol. The van der Waals surface area contributed by atoms with Gasteiger partial charge in [0, 0.05) is 16.2 Å². The molecule has 0 saturated heterocycles. The lowest BCUT2D eigenvalue weighted by Crippen LogP contribution is -1.90. The van der Waals surface area contributed by atoms with Crippen LogP contribution >= 0.6 is 11.8 Å². The molecule has 0 saturated carbocycles. The quantitative estimate of drug-likeness (QED) is 0.392. The van der Waals surface area contributed by atoms with Crippen LogP contribution in [-0.2, 0) is 5.75 Å². The third kappa shape index (κ3) is 4.25. The molecule has 0 unspecified atom stereocenters. The Hall–Kier alpha value is -2.66. The van der Waals surface area contributed by atoms with E-state index in [2.05, 4.69) is 5.18 Å². The smallest absolute Gasteiger partial charge is 0.126 e. The standard InChI is InChI=1S/C20H16FNO2S/c1-24-20-10-5-14(13-25-18-8-6-16(21)7-9-18)11-19(20)15-3-2-4-17(12-15)22-23/h2-12H,13H2,1H3. The van der Waals surface area contributed by atoms with Crippen molar-refractivity contribution in [1.82, 2.24) is 0 Å². The van der Waals surface area contributed by atoms with Crippen LogP contribution in [0.5, 0.6) is 5.75 Å². The maximum Gasteiger partial charge on any atom is 0.126 e. The molecule has 0 aliphatic heterocycles. The van der Waals surface area contributed by atoms with Crippen LogP contribution in [0.2, 0.25) is 0 Å². The normalized spacial score (nSPS) is 10.5. The molecule has 3 aromatic rings. The fourth-order valence-corrected chi connectivity index (χ4v) is 3.34. The van der Waals surface area contributed by atoms with Crippen LogP contribution in [0.3, 0.4) is 0 Å². The predicted octanol–water partition coefficient (Wildman–Crippen LogP) is 6.19. The first-order valence-corrected chi connectivity index (χ1v) is 8.67. The van der Waals surface area contributed by atoms with Gasteiger partial charge in [0.2, 0.25) is 0 Å². The Labute approximate surface area is 149 Å². The van der Waals surface area contributed by atoms with Crippen LogP contribution in [0.4, 0.5) is 10.1 Å². The molecule has 3 nitrogen and oxygen atoms in total. The van der Waals surface area contributed by atoms with E-state index >= 15 is 0 Å². The number of rotatable bonds is 6. The number of thioether (sulfide) groups is 1. The van der Waals surface area contributed by atoms with Gasteiger partial charge in [-0.15, -0.1) is 16.7 Å². The van der Waals surface area contributed by atoms with Gasteiger partial charge in [0.05, 0.1) is 7.11 Å². The van der Waals surface area contributed by atoms with Crippen LogP contribution in [0.25, 0.3) is 11.1 Å². The van der Waals surface area contributed by atoms with Crippen molar-refractivity contribution in [2.75, 3.05) is 7.11 Å². The summed E-state index contributed by atoms with van der Waals surface area (Å²) in [4.78, 5) is 11.8. The molecule has 0 atom stereocenters. The molecule has 0 aliphatic carbocycles. The van der Waals surface area contributed by atoms with E-state index in [1.54, 1.807) is 49.2 Å². The van der Waals surface area contributed by atoms with Gasteiger partial charge in [-0.3, -0.25) is 0 Å². The number of nitrogens with zero attached hydrogens (tertiary/aromatic N) is 1. The van der Waals surface area contributed by atoms with Crippen molar-refractivity contribution in [3.63, 3.8) is 0 Å². The highest BCUT2D eigenvalue weighted by Crippen LogP contribution is 2.34. The molecule has 0 amide bonds. The average Bonchev–Trinajstić information content (AvgIpc) is 2.67. The summed E-state index contributed by atoms with van der Waals surface area (Å²) < 4.78 is 18.4. The Balaban J connectivity index is 1.86. The van der Waals surface area contributed by atoms with Crippen LogP contribution in [0, 0.1) is 10.7 Å². The van der Waals surface area contributed by atoms with Crippen molar-refractivity contribution in [2.24, 2.45) is 5.18 Å². The van der Waals surface area contributed by atoms with Gasteiger partial charge in [0.1, 0.15) is 17.3 Å². The highest BCUT2D eigenvalue weighted by atomic mass is 32.2. The first-order valence-electron chi connectivity index (χ1n) is 7.68. The molecule has 0 aliphatic rings. The molecule has 126 valence electrons. The second-order valence-corrected chi connectivity index (χ2v) is 6.47. The third-order valence-corrected chi connectivity index (χ3v) is 4.83. The lowest BCUT2D eigenvalue weighted by atomic mass is 10.0. The number of hydrogen-bond acceptors (Lipinski definition) is 4. The van der Waals surface area contributed by atoms with Crippen molar-refractivity contribution in [2.45, 2.75) is 10.6 Å². The predicted molar refractivity (Wildman–Crippen MR) is 99.8 cm³/mol. The van der Waals surface area contributed by atoms with Gasteiger partial charge in [-0.05, 0) is 64.8 Å². The van der Waals surface area contributed by atoms with E-state index in [1.807, 2.05) is 24.3 Å². The first kappa shape index (κ1) is 17.2. The van der Waals surface area contributed by atoms with Crippen molar-refractivity contribution in [3.8, 4) is 16.9 Å². The summed E-state index contributed by atoms with van der Waals surface area (Å²) in [7, 11) is 1.62. The topological polar surface area (TPSA) is 38.7 Å². The lowest BCUT2D eigenvalue weighted by molar-refractivity contribution is 0.416. The minimum Gasteiger partial charge on any atom is -0.496 e. The summed E-state index contributed by atoms with van der Waals surface area (Å²) in [5.74, 6) is 1.24. The van der Waals surface area contributed by atoms with Gasteiger partial charge in [0.15, 0.2) is 0 Å². The molecule has 0 heterocycles. The monoisotopic (exact) mass is 353 g/mol. The van der Waals surface area contributed by atoms with Crippen LogP contribution in [0.15, 0.2) is 76.8 Å². The Bertz CT molecular complexity index is 881. The van der Waals surface area contributed by atoms with Crippen LogP contribution in [0.1, 0.15) is 5.56 Å². The molecule has 0 fully saturated rings. The molecule has 3 aromatic carbocycles. The summed E-state index contributed by atoms with van der Waals surface area (Å²) in [6.07, 6.45) is 0. The van der Waals surface area contributed by atoms with Crippen molar-refractivity contribution in [3.05, 3.63) is 83.0 Å². The van der Waals surface area contributed by atoms with E-state index in [0.717, 1.165) is 33.1 Å². The molecule has 0 spiro atoms. The Morgan fingerprint density at radius 2 is 1.84 bits per heavy atom. The van der Waals surface area contributed by atoms with Crippen molar-refractivity contribution < 1.29 is 9.13 Å². The third-order valence-electron chi connectivity index (χ3n) is 3.75. The second-order valence-electron chi connectivity index (χ2n) is 5.42. The van der Waals surface area contributed by atoms with E-state index in [1.165, 1.54) is 12.1 Å². The lowest BCUT2D eigenvalue weighted by Gasteiger charge is -2.11. The van der Waals surface area contributed by atoms with Crippen LogP contribution in [-0.4, -0.2) is 7.11 Å². The SMILES string of the molecule is COc1ccc(CSc2ccc(F)cc2)cc1-c1cccc(N=O)c1. The highest BCUT2D eigenvalue weighted by molar-refractivity contribution is 7.98. The Morgan fingerprint density at radius 1 is 1.04 bits per heavy atom. The maximum atomic E-state index is 13.0.